The van der Waals surface area contributed by atoms with Gasteiger partial charge in [-0.1, -0.05) is 18.2 Å². The average Bonchev–Trinajstić information content (AvgIpc) is 2.94. The van der Waals surface area contributed by atoms with Gasteiger partial charge in [0, 0.05) is 18.0 Å². The van der Waals surface area contributed by atoms with Crippen LogP contribution >= 0.6 is 11.3 Å². The Balaban J connectivity index is 1.75. The molecule has 0 bridgehead atoms. The first kappa shape index (κ1) is 13.5. The third kappa shape index (κ3) is 2.67. The molecule has 4 heteroatoms. The number of hydrogen-bond donors (Lipinski definition) is 0. The summed E-state index contributed by atoms with van der Waals surface area (Å²) in [7, 11) is 0. The van der Waals surface area contributed by atoms with Crippen molar-refractivity contribution in [2.75, 3.05) is 6.54 Å². The first-order valence-corrected chi connectivity index (χ1v) is 7.64. The molecule has 3 rings (SSSR count). The molecule has 0 spiro atoms. The number of nitrogens with zero attached hydrogens (tertiary/aromatic N) is 1. The van der Waals surface area contributed by atoms with Gasteiger partial charge in [-0.25, -0.2) is 4.39 Å². The Kier molecular flexibility index (Phi) is 3.94. The summed E-state index contributed by atoms with van der Waals surface area (Å²) in [6.45, 7) is 1.65. The van der Waals surface area contributed by atoms with Gasteiger partial charge in [-0.15, -0.1) is 11.3 Å². The first-order valence-electron chi connectivity index (χ1n) is 6.76. The van der Waals surface area contributed by atoms with Crippen LogP contribution in [0.2, 0.25) is 0 Å². The highest BCUT2D eigenvalue weighted by molar-refractivity contribution is 7.10. The van der Waals surface area contributed by atoms with Gasteiger partial charge < -0.3 is 4.79 Å². The smallest absolute Gasteiger partial charge is 0.137 e. The molecule has 0 amide bonds. The van der Waals surface area contributed by atoms with Crippen molar-refractivity contribution in [3.63, 3.8) is 0 Å². The molecule has 1 unspecified atom stereocenters. The van der Waals surface area contributed by atoms with E-state index in [9.17, 15) is 9.18 Å². The minimum absolute atomic E-state index is 0.229. The minimum Gasteiger partial charge on any atom is -0.302 e. The fraction of sp³-hybridized carbons (Fsp3) is 0.312. The molecule has 104 valence electrons. The van der Waals surface area contributed by atoms with Crippen molar-refractivity contribution in [3.05, 3.63) is 57.5 Å². The van der Waals surface area contributed by atoms with Gasteiger partial charge in [0.05, 0.1) is 6.04 Å². The maximum absolute atomic E-state index is 13.7. The van der Waals surface area contributed by atoms with Crippen molar-refractivity contribution < 1.29 is 9.18 Å². The quantitative estimate of drug-likeness (QED) is 0.806. The monoisotopic (exact) mass is 289 g/mol. The SMILES string of the molecule is O=CC(Cc1ccccc1F)N1CCc2sccc2C1. The number of rotatable bonds is 4. The number of fused-ring (bicyclic) bond motifs is 1. The molecule has 1 aliphatic heterocycles. The summed E-state index contributed by atoms with van der Waals surface area (Å²) in [6, 6.07) is 8.56. The molecule has 0 radical (unpaired) electrons. The summed E-state index contributed by atoms with van der Waals surface area (Å²) in [4.78, 5) is 15.0. The van der Waals surface area contributed by atoms with Gasteiger partial charge in [0.15, 0.2) is 0 Å². The van der Waals surface area contributed by atoms with Crippen molar-refractivity contribution >= 4 is 17.6 Å². The summed E-state index contributed by atoms with van der Waals surface area (Å²) >= 11 is 1.78. The normalized spacial score (nSPS) is 16.6. The highest BCUT2D eigenvalue weighted by Gasteiger charge is 2.24. The van der Waals surface area contributed by atoms with Gasteiger partial charge in [-0.05, 0) is 41.5 Å². The molecule has 0 fully saturated rings. The van der Waals surface area contributed by atoms with E-state index in [4.69, 9.17) is 0 Å². The van der Waals surface area contributed by atoms with Gasteiger partial charge in [-0.3, -0.25) is 4.90 Å². The molecular weight excluding hydrogens is 273 g/mol. The van der Waals surface area contributed by atoms with Crippen LogP contribution in [0.3, 0.4) is 0 Å². The second-order valence-electron chi connectivity index (χ2n) is 5.09. The Hall–Kier alpha value is -1.52. The molecule has 0 N–H and O–H groups in total. The molecule has 1 atom stereocenters. The van der Waals surface area contributed by atoms with Crippen molar-refractivity contribution in [1.29, 1.82) is 0 Å². The second-order valence-corrected chi connectivity index (χ2v) is 6.09. The number of benzene rings is 1. The zero-order valence-corrected chi connectivity index (χ0v) is 11.9. The Morgan fingerprint density at radius 3 is 3.00 bits per heavy atom. The van der Waals surface area contributed by atoms with E-state index in [1.165, 1.54) is 16.5 Å². The van der Waals surface area contributed by atoms with Crippen LogP contribution in [0.4, 0.5) is 4.39 Å². The maximum atomic E-state index is 13.7. The van der Waals surface area contributed by atoms with E-state index in [0.29, 0.717) is 12.0 Å². The first-order chi connectivity index (χ1) is 9.78. The van der Waals surface area contributed by atoms with Crippen LogP contribution in [0.1, 0.15) is 16.0 Å². The second kappa shape index (κ2) is 5.85. The Bertz CT molecular complexity index is 610. The molecule has 0 saturated carbocycles. The number of halogens is 1. The summed E-state index contributed by atoms with van der Waals surface area (Å²) in [5, 5.41) is 2.10. The molecule has 2 heterocycles. The van der Waals surface area contributed by atoms with E-state index in [1.807, 2.05) is 6.07 Å². The van der Waals surface area contributed by atoms with E-state index < -0.39 is 0 Å². The van der Waals surface area contributed by atoms with E-state index in [0.717, 1.165) is 25.8 Å². The van der Waals surface area contributed by atoms with Crippen molar-refractivity contribution in [2.24, 2.45) is 0 Å². The van der Waals surface area contributed by atoms with Crippen molar-refractivity contribution in [1.82, 2.24) is 4.90 Å². The highest BCUT2D eigenvalue weighted by Crippen LogP contribution is 2.25. The molecule has 1 aromatic carbocycles. The molecule has 1 aromatic heterocycles. The predicted octanol–water partition coefficient (Wildman–Crippen LogP) is 3.06. The standard InChI is InChI=1S/C16H16FNOS/c17-15-4-2-1-3-12(15)9-14(11-19)18-7-5-16-13(10-18)6-8-20-16/h1-4,6,8,11,14H,5,7,9-10H2. The lowest BCUT2D eigenvalue weighted by Gasteiger charge is -2.31. The molecule has 20 heavy (non-hydrogen) atoms. The number of thiophene rings is 1. The van der Waals surface area contributed by atoms with Gasteiger partial charge in [-0.2, -0.15) is 0 Å². The largest absolute Gasteiger partial charge is 0.302 e. The number of carbonyl (C=O) groups excluding carboxylic acids is 1. The number of carbonyl (C=O) groups is 1. The van der Waals surface area contributed by atoms with E-state index >= 15 is 0 Å². The Morgan fingerprint density at radius 2 is 2.20 bits per heavy atom. The third-order valence-corrected chi connectivity index (χ3v) is 4.87. The van der Waals surface area contributed by atoms with Crippen molar-refractivity contribution in [2.45, 2.75) is 25.4 Å². The molecule has 2 nitrogen and oxygen atoms in total. The van der Waals surface area contributed by atoms with Gasteiger partial charge >= 0.3 is 0 Å². The number of aldehydes is 1. The van der Waals surface area contributed by atoms with Crippen LogP contribution in [0, 0.1) is 5.82 Å². The predicted molar refractivity (Wildman–Crippen MR) is 78.4 cm³/mol. The molecule has 0 aliphatic carbocycles. The Labute approximate surface area is 121 Å². The zero-order chi connectivity index (χ0) is 13.9. The topological polar surface area (TPSA) is 20.3 Å². The highest BCUT2D eigenvalue weighted by atomic mass is 32.1. The lowest BCUT2D eigenvalue weighted by atomic mass is 10.0. The summed E-state index contributed by atoms with van der Waals surface area (Å²) in [5.41, 5.74) is 1.92. The fourth-order valence-corrected chi connectivity index (χ4v) is 3.60. The summed E-state index contributed by atoms with van der Waals surface area (Å²) < 4.78 is 13.7. The lowest BCUT2D eigenvalue weighted by molar-refractivity contribution is -0.112. The lowest BCUT2D eigenvalue weighted by Crippen LogP contribution is -2.41. The van der Waals surface area contributed by atoms with Crippen LogP contribution in [-0.2, 0) is 24.2 Å². The summed E-state index contributed by atoms with van der Waals surface area (Å²) in [6.07, 6.45) is 2.37. The van der Waals surface area contributed by atoms with Crippen molar-refractivity contribution in [3.8, 4) is 0 Å². The van der Waals surface area contributed by atoms with Gasteiger partial charge in [0.1, 0.15) is 12.1 Å². The minimum atomic E-state index is -0.250. The van der Waals surface area contributed by atoms with Crippen LogP contribution in [0.15, 0.2) is 35.7 Å². The van der Waals surface area contributed by atoms with Crippen LogP contribution in [-0.4, -0.2) is 23.8 Å². The molecule has 2 aromatic rings. The molecular formula is C16H16FNOS. The maximum Gasteiger partial charge on any atom is 0.137 e. The summed E-state index contributed by atoms with van der Waals surface area (Å²) in [5.74, 6) is -0.229. The fourth-order valence-electron chi connectivity index (χ4n) is 2.71. The van der Waals surface area contributed by atoms with Crippen LogP contribution < -0.4 is 0 Å². The van der Waals surface area contributed by atoms with E-state index in [-0.39, 0.29) is 11.9 Å². The zero-order valence-electron chi connectivity index (χ0n) is 11.1. The van der Waals surface area contributed by atoms with E-state index in [1.54, 1.807) is 23.5 Å². The van der Waals surface area contributed by atoms with Crippen LogP contribution in [0.5, 0.6) is 0 Å². The van der Waals surface area contributed by atoms with E-state index in [2.05, 4.69) is 16.3 Å². The average molecular weight is 289 g/mol. The van der Waals surface area contributed by atoms with Crippen LogP contribution in [0.25, 0.3) is 0 Å². The number of hydrogen-bond acceptors (Lipinski definition) is 3. The van der Waals surface area contributed by atoms with Gasteiger partial charge in [0.25, 0.3) is 0 Å². The Morgan fingerprint density at radius 1 is 1.35 bits per heavy atom. The van der Waals surface area contributed by atoms with Gasteiger partial charge in [0.2, 0.25) is 0 Å². The third-order valence-electron chi connectivity index (χ3n) is 3.85. The molecule has 0 saturated heterocycles. The molecule has 1 aliphatic rings.